The van der Waals surface area contributed by atoms with E-state index in [0.717, 1.165) is 32.5 Å². The topological polar surface area (TPSA) is 34.2 Å². The minimum Gasteiger partial charge on any atom is -0.345 e. The molecule has 1 aliphatic rings. The van der Waals surface area contributed by atoms with E-state index in [1.807, 2.05) is 0 Å². The second-order valence-corrected chi connectivity index (χ2v) is 7.54. The summed E-state index contributed by atoms with van der Waals surface area (Å²) in [5.74, 6) is 0. The lowest BCUT2D eigenvalue weighted by atomic mass is 9.74. The second-order valence-electron chi connectivity index (χ2n) is 7.54. The van der Waals surface area contributed by atoms with Gasteiger partial charge in [0, 0.05) is 30.0 Å². The SMILES string of the molecule is CCN(CC)CC(C)n1c(C)cc2c1CC(C)(C)CC2N. The maximum Gasteiger partial charge on any atom is 0.0434 e. The Labute approximate surface area is 130 Å². The molecule has 120 valence electrons. The number of nitrogens with zero attached hydrogens (tertiary/aromatic N) is 2. The van der Waals surface area contributed by atoms with Gasteiger partial charge in [0.25, 0.3) is 0 Å². The van der Waals surface area contributed by atoms with Gasteiger partial charge in [-0.05, 0) is 56.8 Å². The predicted molar refractivity (Wildman–Crippen MR) is 90.7 cm³/mol. The van der Waals surface area contributed by atoms with E-state index in [9.17, 15) is 0 Å². The van der Waals surface area contributed by atoms with Gasteiger partial charge in [-0.3, -0.25) is 0 Å². The van der Waals surface area contributed by atoms with Crippen LogP contribution in [0.5, 0.6) is 0 Å². The number of hydrogen-bond acceptors (Lipinski definition) is 2. The molecule has 1 heterocycles. The van der Waals surface area contributed by atoms with Gasteiger partial charge in [-0.15, -0.1) is 0 Å². The molecule has 3 nitrogen and oxygen atoms in total. The summed E-state index contributed by atoms with van der Waals surface area (Å²) < 4.78 is 2.55. The lowest BCUT2D eigenvalue weighted by Crippen LogP contribution is -2.33. The molecule has 0 fully saturated rings. The maximum absolute atomic E-state index is 6.43. The van der Waals surface area contributed by atoms with Gasteiger partial charge in [-0.2, -0.15) is 0 Å². The minimum absolute atomic E-state index is 0.198. The van der Waals surface area contributed by atoms with Gasteiger partial charge in [0.05, 0.1) is 0 Å². The van der Waals surface area contributed by atoms with Crippen LogP contribution in [0.25, 0.3) is 0 Å². The molecule has 0 bridgehead atoms. The molecule has 0 aromatic carbocycles. The fourth-order valence-corrected chi connectivity index (χ4v) is 4.02. The van der Waals surface area contributed by atoms with Crippen molar-refractivity contribution in [3.63, 3.8) is 0 Å². The molecule has 2 rings (SSSR count). The van der Waals surface area contributed by atoms with Crippen LogP contribution >= 0.6 is 0 Å². The van der Waals surface area contributed by atoms with Gasteiger partial charge in [-0.25, -0.2) is 0 Å². The fraction of sp³-hybridized carbons (Fsp3) is 0.778. The van der Waals surface area contributed by atoms with E-state index in [-0.39, 0.29) is 6.04 Å². The first-order chi connectivity index (χ1) is 9.79. The summed E-state index contributed by atoms with van der Waals surface area (Å²) in [5.41, 5.74) is 11.0. The molecular formula is C18H33N3. The van der Waals surface area contributed by atoms with Crippen molar-refractivity contribution in [3.05, 3.63) is 23.0 Å². The van der Waals surface area contributed by atoms with Crippen molar-refractivity contribution < 1.29 is 0 Å². The standard InChI is InChI=1S/C18H33N3/c1-7-20(8-2)12-14(4)21-13(3)9-15-16(19)10-18(5,6)11-17(15)21/h9,14,16H,7-8,10-12,19H2,1-6H3. The van der Waals surface area contributed by atoms with Crippen LogP contribution in [-0.4, -0.2) is 29.1 Å². The second kappa shape index (κ2) is 6.13. The van der Waals surface area contributed by atoms with Crippen LogP contribution in [0.1, 0.15) is 70.1 Å². The minimum atomic E-state index is 0.198. The highest BCUT2D eigenvalue weighted by molar-refractivity contribution is 5.34. The van der Waals surface area contributed by atoms with Crippen molar-refractivity contribution in [2.24, 2.45) is 11.1 Å². The van der Waals surface area contributed by atoms with E-state index in [1.54, 1.807) is 0 Å². The highest BCUT2D eigenvalue weighted by Crippen LogP contribution is 2.41. The molecule has 3 heteroatoms. The quantitative estimate of drug-likeness (QED) is 0.898. The maximum atomic E-state index is 6.43. The third-order valence-corrected chi connectivity index (χ3v) is 5.04. The highest BCUT2D eigenvalue weighted by atomic mass is 15.2. The lowest BCUT2D eigenvalue weighted by molar-refractivity contribution is 0.243. The Hall–Kier alpha value is -0.800. The average Bonchev–Trinajstić information content (AvgIpc) is 2.71. The molecule has 1 aliphatic carbocycles. The van der Waals surface area contributed by atoms with Crippen molar-refractivity contribution in [2.75, 3.05) is 19.6 Å². The van der Waals surface area contributed by atoms with Gasteiger partial charge in [-0.1, -0.05) is 27.7 Å². The first-order valence-corrected chi connectivity index (χ1v) is 8.47. The molecular weight excluding hydrogens is 258 g/mol. The highest BCUT2D eigenvalue weighted by Gasteiger charge is 2.34. The third-order valence-electron chi connectivity index (χ3n) is 5.04. The Balaban J connectivity index is 2.33. The number of hydrogen-bond donors (Lipinski definition) is 1. The number of fused-ring (bicyclic) bond motifs is 1. The Morgan fingerprint density at radius 3 is 2.57 bits per heavy atom. The number of rotatable bonds is 5. The van der Waals surface area contributed by atoms with Gasteiger partial charge in [0.2, 0.25) is 0 Å². The zero-order valence-corrected chi connectivity index (χ0v) is 14.7. The predicted octanol–water partition coefficient (Wildman–Crippen LogP) is 3.67. The van der Waals surface area contributed by atoms with E-state index in [4.69, 9.17) is 5.73 Å². The molecule has 0 saturated heterocycles. The Bertz CT molecular complexity index is 483. The summed E-state index contributed by atoms with van der Waals surface area (Å²) in [6.07, 6.45) is 2.24. The van der Waals surface area contributed by atoms with Crippen molar-refractivity contribution >= 4 is 0 Å². The molecule has 0 spiro atoms. The number of aromatic nitrogens is 1. The summed E-state index contributed by atoms with van der Waals surface area (Å²) in [6, 6.07) is 3.03. The third kappa shape index (κ3) is 3.35. The largest absolute Gasteiger partial charge is 0.345 e. The molecule has 0 saturated carbocycles. The molecule has 0 amide bonds. The van der Waals surface area contributed by atoms with E-state index in [0.29, 0.717) is 11.5 Å². The van der Waals surface area contributed by atoms with E-state index in [2.05, 4.69) is 57.1 Å². The molecule has 21 heavy (non-hydrogen) atoms. The summed E-state index contributed by atoms with van der Waals surface area (Å²) in [7, 11) is 0. The zero-order valence-electron chi connectivity index (χ0n) is 14.7. The molecule has 0 radical (unpaired) electrons. The molecule has 2 N–H and O–H groups in total. The number of likely N-dealkylation sites (N-methyl/N-ethyl adjacent to an activating group) is 1. The van der Waals surface area contributed by atoms with E-state index in [1.165, 1.54) is 17.0 Å². The van der Waals surface area contributed by atoms with Crippen LogP contribution in [0.3, 0.4) is 0 Å². The Morgan fingerprint density at radius 1 is 1.38 bits per heavy atom. The van der Waals surface area contributed by atoms with Gasteiger partial charge in [0.15, 0.2) is 0 Å². The molecule has 0 aliphatic heterocycles. The monoisotopic (exact) mass is 291 g/mol. The smallest absolute Gasteiger partial charge is 0.0434 e. The van der Waals surface area contributed by atoms with E-state index < -0.39 is 0 Å². The first kappa shape index (κ1) is 16.6. The lowest BCUT2D eigenvalue weighted by Gasteiger charge is -2.36. The average molecular weight is 291 g/mol. The van der Waals surface area contributed by atoms with Gasteiger partial charge in [0.1, 0.15) is 0 Å². The van der Waals surface area contributed by atoms with Crippen molar-refractivity contribution in [1.29, 1.82) is 0 Å². The van der Waals surface area contributed by atoms with Crippen LogP contribution in [0.15, 0.2) is 6.07 Å². The number of aryl methyl sites for hydroxylation is 1. The van der Waals surface area contributed by atoms with Crippen molar-refractivity contribution in [1.82, 2.24) is 9.47 Å². The zero-order chi connectivity index (χ0) is 15.8. The van der Waals surface area contributed by atoms with Crippen LogP contribution in [0.2, 0.25) is 0 Å². The summed E-state index contributed by atoms with van der Waals surface area (Å²) in [4.78, 5) is 2.50. The van der Waals surface area contributed by atoms with Crippen LogP contribution in [0.4, 0.5) is 0 Å². The number of nitrogens with two attached hydrogens (primary N) is 1. The fourth-order valence-electron chi connectivity index (χ4n) is 4.02. The summed E-state index contributed by atoms with van der Waals surface area (Å²) >= 11 is 0. The molecule has 1 aromatic heterocycles. The first-order valence-electron chi connectivity index (χ1n) is 8.47. The van der Waals surface area contributed by atoms with Crippen LogP contribution in [0, 0.1) is 12.3 Å². The molecule has 2 atom stereocenters. The molecule has 2 unspecified atom stereocenters. The van der Waals surface area contributed by atoms with E-state index >= 15 is 0 Å². The Morgan fingerprint density at radius 2 is 2.00 bits per heavy atom. The summed E-state index contributed by atoms with van der Waals surface area (Å²) in [6.45, 7) is 17.1. The summed E-state index contributed by atoms with van der Waals surface area (Å²) in [5, 5.41) is 0. The van der Waals surface area contributed by atoms with Gasteiger partial charge < -0.3 is 15.2 Å². The van der Waals surface area contributed by atoms with Crippen molar-refractivity contribution in [2.45, 2.75) is 66.5 Å². The normalized spacial score (nSPS) is 22.4. The van der Waals surface area contributed by atoms with Crippen LogP contribution in [-0.2, 0) is 6.42 Å². The van der Waals surface area contributed by atoms with Crippen LogP contribution < -0.4 is 5.73 Å². The van der Waals surface area contributed by atoms with Crippen molar-refractivity contribution in [3.8, 4) is 0 Å². The van der Waals surface area contributed by atoms with Gasteiger partial charge >= 0.3 is 0 Å². The molecule has 1 aromatic rings. The Kier molecular flexibility index (Phi) is 4.84.